The van der Waals surface area contributed by atoms with Crippen LogP contribution in [0.3, 0.4) is 0 Å². The molecule has 1 aromatic carbocycles. The Morgan fingerprint density at radius 1 is 1.07 bits per heavy atom. The second-order valence-electron chi connectivity index (χ2n) is 7.24. The monoisotopic (exact) mass is 386 g/mol. The topological polar surface area (TPSA) is 79.1 Å². The lowest BCUT2D eigenvalue weighted by Crippen LogP contribution is -2.53. The molecule has 0 bridgehead atoms. The van der Waals surface area contributed by atoms with E-state index in [0.29, 0.717) is 38.8 Å². The van der Waals surface area contributed by atoms with E-state index in [1.54, 1.807) is 11.8 Å². The number of anilines is 1. The number of carbonyl (C=O) groups excluding carboxylic acids is 2. The molecular formula is C20H26N4O4. The first kappa shape index (κ1) is 18.6. The molecule has 8 heteroatoms. The number of nitrogens with zero attached hydrogens (tertiary/aromatic N) is 4. The van der Waals surface area contributed by atoms with E-state index in [0.717, 1.165) is 37.0 Å². The highest BCUT2D eigenvalue weighted by atomic mass is 16.6. The highest BCUT2D eigenvalue weighted by Gasteiger charge is 2.32. The van der Waals surface area contributed by atoms with Crippen LogP contribution in [0.25, 0.3) is 11.1 Å². The van der Waals surface area contributed by atoms with Gasteiger partial charge in [0.15, 0.2) is 5.58 Å². The lowest BCUT2D eigenvalue weighted by Gasteiger charge is -2.37. The molecule has 0 saturated carbocycles. The quantitative estimate of drug-likeness (QED) is 0.806. The van der Waals surface area contributed by atoms with Crippen LogP contribution in [0.4, 0.5) is 10.8 Å². The van der Waals surface area contributed by atoms with Crippen molar-refractivity contribution >= 4 is 29.1 Å². The standard InChI is InChI=1S/C20H26N4O4/c1-2-27-20(26)24-13-11-22(12-14-24)18(25)15-7-9-23(10-8-15)19-21-16-5-3-4-6-17(16)28-19/h3-6,15H,2,7-14H2,1H3. The Kier molecular flexibility index (Phi) is 5.36. The number of benzene rings is 1. The maximum absolute atomic E-state index is 12.9. The normalized spacial score (nSPS) is 18.5. The lowest BCUT2D eigenvalue weighted by atomic mass is 9.95. The van der Waals surface area contributed by atoms with Crippen LogP contribution >= 0.6 is 0 Å². The van der Waals surface area contributed by atoms with Gasteiger partial charge in [-0.25, -0.2) is 4.79 Å². The molecule has 2 saturated heterocycles. The van der Waals surface area contributed by atoms with Gasteiger partial charge < -0.3 is 23.9 Å². The summed E-state index contributed by atoms with van der Waals surface area (Å²) in [5.74, 6) is 0.218. The molecule has 0 aliphatic carbocycles. The molecule has 2 fully saturated rings. The van der Waals surface area contributed by atoms with Crippen LogP contribution in [0.15, 0.2) is 28.7 Å². The third kappa shape index (κ3) is 3.76. The zero-order chi connectivity index (χ0) is 19.5. The minimum Gasteiger partial charge on any atom is -0.450 e. The van der Waals surface area contributed by atoms with Crippen molar-refractivity contribution in [2.75, 3.05) is 50.8 Å². The SMILES string of the molecule is CCOC(=O)N1CCN(C(=O)C2CCN(c3nc4ccccc4o3)CC2)CC1. The van der Waals surface area contributed by atoms with Crippen LogP contribution in [0.5, 0.6) is 0 Å². The number of piperidine rings is 1. The summed E-state index contributed by atoms with van der Waals surface area (Å²) in [5.41, 5.74) is 1.64. The predicted molar refractivity (Wildman–Crippen MR) is 104 cm³/mol. The van der Waals surface area contributed by atoms with E-state index < -0.39 is 0 Å². The fourth-order valence-electron chi connectivity index (χ4n) is 3.90. The van der Waals surface area contributed by atoms with Gasteiger partial charge in [0.25, 0.3) is 6.01 Å². The number of piperazine rings is 1. The summed E-state index contributed by atoms with van der Waals surface area (Å²) in [6.07, 6.45) is 1.28. The van der Waals surface area contributed by atoms with Crippen molar-refractivity contribution < 1.29 is 18.7 Å². The Morgan fingerprint density at radius 2 is 1.75 bits per heavy atom. The highest BCUT2D eigenvalue weighted by molar-refractivity contribution is 5.80. The lowest BCUT2D eigenvalue weighted by molar-refractivity contribution is -0.137. The Balaban J connectivity index is 1.29. The molecule has 2 aliphatic rings. The fraction of sp³-hybridized carbons (Fsp3) is 0.550. The van der Waals surface area contributed by atoms with Gasteiger partial charge >= 0.3 is 6.09 Å². The summed E-state index contributed by atoms with van der Waals surface area (Å²) in [4.78, 5) is 34.9. The van der Waals surface area contributed by atoms with Gasteiger partial charge in [0, 0.05) is 45.2 Å². The Bertz CT molecular complexity index is 803. The zero-order valence-corrected chi connectivity index (χ0v) is 16.2. The van der Waals surface area contributed by atoms with Gasteiger partial charge in [-0.15, -0.1) is 0 Å². The molecule has 2 aromatic rings. The first-order valence-electron chi connectivity index (χ1n) is 9.96. The van der Waals surface area contributed by atoms with Crippen molar-refractivity contribution in [3.8, 4) is 0 Å². The van der Waals surface area contributed by atoms with E-state index in [9.17, 15) is 9.59 Å². The average molecular weight is 386 g/mol. The fourth-order valence-corrected chi connectivity index (χ4v) is 3.90. The largest absolute Gasteiger partial charge is 0.450 e. The van der Waals surface area contributed by atoms with Crippen LogP contribution in [-0.2, 0) is 9.53 Å². The van der Waals surface area contributed by atoms with Crippen LogP contribution < -0.4 is 4.90 Å². The molecule has 0 radical (unpaired) electrons. The maximum atomic E-state index is 12.9. The number of aromatic nitrogens is 1. The third-order valence-electron chi connectivity index (χ3n) is 5.51. The van der Waals surface area contributed by atoms with Crippen molar-refractivity contribution in [2.24, 2.45) is 5.92 Å². The van der Waals surface area contributed by atoms with E-state index in [4.69, 9.17) is 9.15 Å². The molecule has 28 heavy (non-hydrogen) atoms. The molecule has 150 valence electrons. The van der Waals surface area contributed by atoms with Gasteiger partial charge in [0.05, 0.1) is 6.61 Å². The molecular weight excluding hydrogens is 360 g/mol. The molecule has 0 atom stereocenters. The molecule has 4 rings (SSSR count). The molecule has 3 heterocycles. The summed E-state index contributed by atoms with van der Waals surface area (Å²) < 4.78 is 10.9. The second kappa shape index (κ2) is 8.08. The van der Waals surface area contributed by atoms with Crippen molar-refractivity contribution in [3.63, 3.8) is 0 Å². The zero-order valence-electron chi connectivity index (χ0n) is 16.2. The molecule has 0 N–H and O–H groups in total. The minimum atomic E-state index is -0.291. The van der Waals surface area contributed by atoms with E-state index in [1.807, 2.05) is 29.2 Å². The van der Waals surface area contributed by atoms with Crippen molar-refractivity contribution in [1.82, 2.24) is 14.8 Å². The number of ether oxygens (including phenoxy) is 1. The number of amides is 2. The Labute approximate surface area is 164 Å². The molecule has 2 amide bonds. The van der Waals surface area contributed by atoms with Crippen LogP contribution in [-0.4, -0.2) is 72.7 Å². The first-order valence-corrected chi connectivity index (χ1v) is 9.96. The number of fused-ring (bicyclic) bond motifs is 1. The van der Waals surface area contributed by atoms with Crippen molar-refractivity contribution in [3.05, 3.63) is 24.3 Å². The van der Waals surface area contributed by atoms with Crippen LogP contribution in [0.1, 0.15) is 19.8 Å². The highest BCUT2D eigenvalue weighted by Crippen LogP contribution is 2.27. The van der Waals surface area contributed by atoms with Gasteiger partial charge in [0.1, 0.15) is 5.52 Å². The summed E-state index contributed by atoms with van der Waals surface area (Å²) in [6.45, 7) is 5.89. The van der Waals surface area contributed by atoms with Gasteiger partial charge in [-0.05, 0) is 31.9 Å². The van der Waals surface area contributed by atoms with Crippen molar-refractivity contribution in [2.45, 2.75) is 19.8 Å². The molecule has 2 aliphatic heterocycles. The van der Waals surface area contributed by atoms with E-state index in [-0.39, 0.29) is 17.9 Å². The Hall–Kier alpha value is -2.77. The Morgan fingerprint density at radius 3 is 2.43 bits per heavy atom. The summed E-state index contributed by atoms with van der Waals surface area (Å²) in [7, 11) is 0. The smallest absolute Gasteiger partial charge is 0.409 e. The predicted octanol–water partition coefficient (Wildman–Crippen LogP) is 2.34. The number of oxazole rings is 1. The number of para-hydroxylation sites is 2. The molecule has 1 aromatic heterocycles. The molecule has 0 spiro atoms. The summed E-state index contributed by atoms with van der Waals surface area (Å²) in [6, 6.07) is 8.37. The summed E-state index contributed by atoms with van der Waals surface area (Å²) in [5, 5.41) is 0. The minimum absolute atomic E-state index is 0.0229. The number of rotatable bonds is 3. The third-order valence-corrected chi connectivity index (χ3v) is 5.51. The second-order valence-corrected chi connectivity index (χ2v) is 7.24. The maximum Gasteiger partial charge on any atom is 0.409 e. The van der Waals surface area contributed by atoms with E-state index in [2.05, 4.69) is 9.88 Å². The first-order chi connectivity index (χ1) is 13.7. The van der Waals surface area contributed by atoms with Crippen LogP contribution in [0, 0.1) is 5.92 Å². The van der Waals surface area contributed by atoms with E-state index >= 15 is 0 Å². The van der Waals surface area contributed by atoms with E-state index in [1.165, 1.54) is 0 Å². The molecule has 8 nitrogen and oxygen atoms in total. The summed E-state index contributed by atoms with van der Waals surface area (Å²) >= 11 is 0. The molecule has 0 unspecified atom stereocenters. The number of hydrogen-bond acceptors (Lipinski definition) is 6. The van der Waals surface area contributed by atoms with Crippen molar-refractivity contribution in [1.29, 1.82) is 0 Å². The number of carbonyl (C=O) groups is 2. The number of hydrogen-bond donors (Lipinski definition) is 0. The van der Waals surface area contributed by atoms with Crippen LogP contribution in [0.2, 0.25) is 0 Å². The average Bonchev–Trinajstić information content (AvgIpc) is 3.18. The van der Waals surface area contributed by atoms with Gasteiger partial charge in [-0.2, -0.15) is 4.98 Å². The van der Waals surface area contributed by atoms with Gasteiger partial charge in [-0.3, -0.25) is 4.79 Å². The van der Waals surface area contributed by atoms with Gasteiger partial charge in [-0.1, -0.05) is 12.1 Å². The van der Waals surface area contributed by atoms with Gasteiger partial charge in [0.2, 0.25) is 5.91 Å².